The maximum atomic E-state index is 12.0. The van der Waals surface area contributed by atoms with Gasteiger partial charge in [0, 0.05) is 13.1 Å². The summed E-state index contributed by atoms with van der Waals surface area (Å²) in [7, 11) is 0. The molecule has 22 heavy (non-hydrogen) atoms. The summed E-state index contributed by atoms with van der Waals surface area (Å²) < 4.78 is 16.6. The van der Waals surface area contributed by atoms with Crippen LogP contribution in [0.2, 0.25) is 0 Å². The lowest BCUT2D eigenvalue weighted by molar-refractivity contribution is -0.00300. The molecule has 0 aliphatic carbocycles. The van der Waals surface area contributed by atoms with E-state index in [2.05, 4.69) is 0 Å². The third-order valence-corrected chi connectivity index (χ3v) is 3.79. The summed E-state index contributed by atoms with van der Waals surface area (Å²) in [5.41, 5.74) is -0.435. The molecule has 5 nitrogen and oxygen atoms in total. The minimum Gasteiger partial charge on any atom is -0.467 e. The van der Waals surface area contributed by atoms with Gasteiger partial charge in [-0.25, -0.2) is 4.79 Å². The second kappa shape index (κ2) is 7.18. The van der Waals surface area contributed by atoms with Crippen LogP contribution in [0.15, 0.2) is 22.8 Å². The predicted molar refractivity (Wildman–Crippen MR) is 83.6 cm³/mol. The van der Waals surface area contributed by atoms with E-state index in [0.29, 0.717) is 12.5 Å². The fraction of sp³-hybridized carbons (Fsp3) is 0.706. The SMILES string of the molecule is C[C@@H](OCC1CCN(C(=O)OC(C)(C)C)CC1)c1ccco1. The first kappa shape index (κ1) is 16.9. The number of ether oxygens (including phenoxy) is 2. The molecule has 0 spiro atoms. The summed E-state index contributed by atoms with van der Waals surface area (Å²) in [4.78, 5) is 13.8. The topological polar surface area (TPSA) is 51.9 Å². The predicted octanol–water partition coefficient (Wildman–Crippen LogP) is 4.00. The lowest BCUT2D eigenvalue weighted by Gasteiger charge is -2.33. The lowest BCUT2D eigenvalue weighted by Crippen LogP contribution is -2.42. The van der Waals surface area contributed by atoms with Crippen molar-refractivity contribution in [2.75, 3.05) is 19.7 Å². The van der Waals surface area contributed by atoms with E-state index in [9.17, 15) is 4.79 Å². The normalized spacial score (nSPS) is 18.3. The second-order valence-corrected chi connectivity index (χ2v) is 6.90. The standard InChI is InChI=1S/C17H27NO4/c1-13(15-6-5-11-20-15)21-12-14-7-9-18(10-8-14)16(19)22-17(2,3)4/h5-6,11,13-14H,7-10,12H2,1-4H3/t13-/m1/s1. The Kier molecular flexibility index (Phi) is 5.51. The van der Waals surface area contributed by atoms with Gasteiger partial charge in [-0.05, 0) is 58.6 Å². The molecule has 2 heterocycles. The summed E-state index contributed by atoms with van der Waals surface area (Å²) >= 11 is 0. The van der Waals surface area contributed by atoms with Crippen molar-refractivity contribution in [1.82, 2.24) is 4.90 Å². The highest BCUT2D eigenvalue weighted by molar-refractivity contribution is 5.68. The molecule has 0 N–H and O–H groups in total. The molecule has 0 unspecified atom stereocenters. The molecule has 1 aromatic heterocycles. The molecular formula is C17H27NO4. The van der Waals surface area contributed by atoms with Gasteiger partial charge >= 0.3 is 6.09 Å². The van der Waals surface area contributed by atoms with Crippen molar-refractivity contribution in [3.05, 3.63) is 24.2 Å². The van der Waals surface area contributed by atoms with Crippen LogP contribution in [0.25, 0.3) is 0 Å². The zero-order valence-electron chi connectivity index (χ0n) is 14.0. The average Bonchev–Trinajstić information content (AvgIpc) is 2.97. The van der Waals surface area contributed by atoms with Crippen LogP contribution >= 0.6 is 0 Å². The first-order valence-electron chi connectivity index (χ1n) is 7.98. The van der Waals surface area contributed by atoms with E-state index in [1.165, 1.54) is 0 Å². The zero-order chi connectivity index (χ0) is 16.2. The van der Waals surface area contributed by atoms with Gasteiger partial charge in [0.05, 0.1) is 12.9 Å². The highest BCUT2D eigenvalue weighted by Crippen LogP contribution is 2.23. The Balaban J connectivity index is 1.70. The van der Waals surface area contributed by atoms with E-state index in [-0.39, 0.29) is 12.2 Å². The Labute approximate surface area is 132 Å². The number of hydrogen-bond donors (Lipinski definition) is 0. The molecule has 2 rings (SSSR count). The van der Waals surface area contributed by atoms with Crippen LogP contribution in [0.3, 0.4) is 0 Å². The third kappa shape index (κ3) is 5.05. The van der Waals surface area contributed by atoms with Crippen LogP contribution in [0, 0.1) is 5.92 Å². The molecule has 5 heteroatoms. The van der Waals surface area contributed by atoms with Gasteiger partial charge in [0.15, 0.2) is 0 Å². The van der Waals surface area contributed by atoms with Gasteiger partial charge in [-0.3, -0.25) is 0 Å². The highest BCUT2D eigenvalue weighted by Gasteiger charge is 2.27. The number of piperidine rings is 1. The van der Waals surface area contributed by atoms with Gasteiger partial charge in [-0.2, -0.15) is 0 Å². The van der Waals surface area contributed by atoms with Gasteiger partial charge in [0.2, 0.25) is 0 Å². The molecule has 0 saturated carbocycles. The number of amides is 1. The Morgan fingerprint density at radius 3 is 2.64 bits per heavy atom. The van der Waals surface area contributed by atoms with Gasteiger partial charge in [-0.1, -0.05) is 0 Å². The molecular weight excluding hydrogens is 282 g/mol. The van der Waals surface area contributed by atoms with Crippen LogP contribution in [0.4, 0.5) is 4.79 Å². The Bertz CT molecular complexity index is 456. The van der Waals surface area contributed by atoms with E-state index in [0.717, 1.165) is 31.7 Å². The minimum absolute atomic E-state index is 0.0288. The second-order valence-electron chi connectivity index (χ2n) is 6.90. The molecule has 0 bridgehead atoms. The molecule has 1 aliphatic heterocycles. The Morgan fingerprint density at radius 1 is 1.41 bits per heavy atom. The molecule has 1 aliphatic rings. The first-order chi connectivity index (χ1) is 10.3. The van der Waals surface area contributed by atoms with E-state index in [4.69, 9.17) is 13.9 Å². The summed E-state index contributed by atoms with van der Waals surface area (Å²) in [6.45, 7) is 9.83. The van der Waals surface area contributed by atoms with Crippen LogP contribution in [0.5, 0.6) is 0 Å². The zero-order valence-corrected chi connectivity index (χ0v) is 14.0. The van der Waals surface area contributed by atoms with E-state index in [1.54, 1.807) is 11.2 Å². The highest BCUT2D eigenvalue weighted by atomic mass is 16.6. The molecule has 1 amide bonds. The Morgan fingerprint density at radius 2 is 2.09 bits per heavy atom. The van der Waals surface area contributed by atoms with Gasteiger partial charge in [0.25, 0.3) is 0 Å². The van der Waals surface area contributed by atoms with Crippen LogP contribution in [0.1, 0.15) is 52.4 Å². The maximum absolute atomic E-state index is 12.0. The van der Waals surface area contributed by atoms with Crippen molar-refractivity contribution >= 4 is 6.09 Å². The fourth-order valence-corrected chi connectivity index (χ4v) is 2.49. The number of carbonyl (C=O) groups excluding carboxylic acids is 1. The number of rotatable bonds is 4. The fourth-order valence-electron chi connectivity index (χ4n) is 2.49. The average molecular weight is 309 g/mol. The summed E-state index contributed by atoms with van der Waals surface area (Å²) in [5.74, 6) is 1.34. The number of hydrogen-bond acceptors (Lipinski definition) is 4. The smallest absolute Gasteiger partial charge is 0.410 e. The molecule has 1 saturated heterocycles. The van der Waals surface area contributed by atoms with Crippen molar-refractivity contribution in [2.45, 2.75) is 52.2 Å². The number of likely N-dealkylation sites (tertiary alicyclic amines) is 1. The van der Waals surface area contributed by atoms with E-state index in [1.807, 2.05) is 39.8 Å². The molecule has 124 valence electrons. The summed E-state index contributed by atoms with van der Waals surface area (Å²) in [6, 6.07) is 3.80. The minimum atomic E-state index is -0.435. The number of carbonyl (C=O) groups is 1. The van der Waals surface area contributed by atoms with Crippen LogP contribution < -0.4 is 0 Å². The molecule has 1 fully saturated rings. The Hall–Kier alpha value is -1.49. The van der Waals surface area contributed by atoms with Crippen LogP contribution in [-0.4, -0.2) is 36.3 Å². The lowest BCUT2D eigenvalue weighted by atomic mass is 9.98. The quantitative estimate of drug-likeness (QED) is 0.843. The third-order valence-electron chi connectivity index (χ3n) is 3.79. The van der Waals surface area contributed by atoms with Crippen LogP contribution in [-0.2, 0) is 9.47 Å². The van der Waals surface area contributed by atoms with Gasteiger partial charge in [0.1, 0.15) is 17.5 Å². The molecule has 1 aromatic rings. The van der Waals surface area contributed by atoms with Crippen molar-refractivity contribution in [2.24, 2.45) is 5.92 Å². The number of furan rings is 1. The largest absolute Gasteiger partial charge is 0.467 e. The molecule has 0 radical (unpaired) electrons. The molecule has 0 aromatic carbocycles. The van der Waals surface area contributed by atoms with Crippen molar-refractivity contribution in [3.63, 3.8) is 0 Å². The van der Waals surface area contributed by atoms with E-state index >= 15 is 0 Å². The monoisotopic (exact) mass is 309 g/mol. The van der Waals surface area contributed by atoms with Crippen molar-refractivity contribution in [1.29, 1.82) is 0 Å². The maximum Gasteiger partial charge on any atom is 0.410 e. The number of nitrogens with zero attached hydrogens (tertiary/aromatic N) is 1. The summed E-state index contributed by atoms with van der Waals surface area (Å²) in [6.07, 6.45) is 3.32. The van der Waals surface area contributed by atoms with Gasteiger partial charge in [-0.15, -0.1) is 0 Å². The molecule has 1 atom stereocenters. The van der Waals surface area contributed by atoms with Crippen molar-refractivity contribution in [3.8, 4) is 0 Å². The van der Waals surface area contributed by atoms with Crippen molar-refractivity contribution < 1.29 is 18.7 Å². The first-order valence-corrected chi connectivity index (χ1v) is 7.98. The summed E-state index contributed by atoms with van der Waals surface area (Å²) in [5, 5.41) is 0. The van der Waals surface area contributed by atoms with Gasteiger partial charge < -0.3 is 18.8 Å². The van der Waals surface area contributed by atoms with E-state index < -0.39 is 5.60 Å².